The van der Waals surface area contributed by atoms with E-state index in [0.29, 0.717) is 31.7 Å². The first-order chi connectivity index (χ1) is 9.61. The quantitative estimate of drug-likeness (QED) is 0.884. The zero-order chi connectivity index (χ0) is 14.5. The largest absolute Gasteiger partial charge is 0.494 e. The van der Waals surface area contributed by atoms with Crippen LogP contribution in [0.1, 0.15) is 19.8 Å². The average Bonchev–Trinajstić information content (AvgIpc) is 2.91. The van der Waals surface area contributed by atoms with Gasteiger partial charge < -0.3 is 20.1 Å². The van der Waals surface area contributed by atoms with Gasteiger partial charge in [-0.25, -0.2) is 9.59 Å². The summed E-state index contributed by atoms with van der Waals surface area (Å²) in [5, 5.41) is 11.8. The molecule has 0 aliphatic carbocycles. The van der Waals surface area contributed by atoms with Crippen molar-refractivity contribution in [2.75, 3.05) is 18.5 Å². The van der Waals surface area contributed by atoms with E-state index in [0.717, 1.165) is 5.75 Å². The van der Waals surface area contributed by atoms with Gasteiger partial charge in [0.1, 0.15) is 11.8 Å². The Morgan fingerprint density at radius 3 is 2.70 bits per heavy atom. The van der Waals surface area contributed by atoms with Gasteiger partial charge in [-0.1, -0.05) is 0 Å². The Kier molecular flexibility index (Phi) is 4.45. The second kappa shape index (κ2) is 6.27. The first kappa shape index (κ1) is 14.2. The molecular formula is C14H18N2O4. The normalized spacial score (nSPS) is 17.9. The minimum Gasteiger partial charge on any atom is -0.494 e. The van der Waals surface area contributed by atoms with E-state index in [-0.39, 0.29) is 6.03 Å². The number of carboxylic acids is 1. The maximum Gasteiger partial charge on any atom is 0.326 e. The fraction of sp³-hybridized carbons (Fsp3) is 0.429. The van der Waals surface area contributed by atoms with E-state index in [4.69, 9.17) is 9.84 Å². The molecule has 20 heavy (non-hydrogen) atoms. The molecule has 2 N–H and O–H groups in total. The predicted octanol–water partition coefficient (Wildman–Crippen LogP) is 2.17. The van der Waals surface area contributed by atoms with E-state index in [9.17, 15) is 9.59 Å². The lowest BCUT2D eigenvalue weighted by Gasteiger charge is -2.21. The Morgan fingerprint density at radius 1 is 1.40 bits per heavy atom. The first-order valence-corrected chi connectivity index (χ1v) is 6.65. The summed E-state index contributed by atoms with van der Waals surface area (Å²) in [5.74, 6) is -0.223. The van der Waals surface area contributed by atoms with Crippen LogP contribution in [-0.4, -0.2) is 41.2 Å². The monoisotopic (exact) mass is 278 g/mol. The highest BCUT2D eigenvalue weighted by Crippen LogP contribution is 2.20. The number of carboxylic acid groups (broad SMARTS) is 1. The van der Waals surface area contributed by atoms with Crippen LogP contribution in [-0.2, 0) is 4.79 Å². The van der Waals surface area contributed by atoms with Gasteiger partial charge in [-0.3, -0.25) is 0 Å². The van der Waals surface area contributed by atoms with Gasteiger partial charge in [0.25, 0.3) is 0 Å². The van der Waals surface area contributed by atoms with Crippen molar-refractivity contribution in [1.82, 2.24) is 4.90 Å². The number of carbonyl (C=O) groups is 2. The molecule has 1 aliphatic rings. The number of likely N-dealkylation sites (tertiary alicyclic amines) is 1. The summed E-state index contributed by atoms with van der Waals surface area (Å²) in [5.41, 5.74) is 0.620. The second-order valence-electron chi connectivity index (χ2n) is 4.58. The van der Waals surface area contributed by atoms with Crippen molar-refractivity contribution < 1.29 is 19.4 Å². The van der Waals surface area contributed by atoms with E-state index in [1.54, 1.807) is 24.3 Å². The standard InChI is InChI=1S/C14H18N2O4/c1-2-20-11-7-5-10(6-8-11)15-14(19)16-9-3-4-12(16)13(17)18/h5-8,12H,2-4,9H2,1H3,(H,15,19)(H,17,18)/t12-/m1/s1. The van der Waals surface area contributed by atoms with Crippen molar-refractivity contribution in [3.8, 4) is 5.75 Å². The van der Waals surface area contributed by atoms with Crippen molar-refractivity contribution in [2.45, 2.75) is 25.8 Å². The number of urea groups is 1. The minimum absolute atomic E-state index is 0.376. The molecule has 0 spiro atoms. The fourth-order valence-corrected chi connectivity index (χ4v) is 2.26. The molecule has 108 valence electrons. The Morgan fingerprint density at radius 2 is 2.10 bits per heavy atom. The van der Waals surface area contributed by atoms with Crippen molar-refractivity contribution in [1.29, 1.82) is 0 Å². The molecule has 2 rings (SSSR count). The van der Waals surface area contributed by atoms with E-state index >= 15 is 0 Å². The van der Waals surface area contributed by atoms with Crippen molar-refractivity contribution >= 4 is 17.7 Å². The van der Waals surface area contributed by atoms with Crippen LogP contribution in [0.2, 0.25) is 0 Å². The SMILES string of the molecule is CCOc1ccc(NC(=O)N2CCC[C@@H]2C(=O)O)cc1. The zero-order valence-electron chi connectivity index (χ0n) is 11.3. The van der Waals surface area contributed by atoms with Crippen LogP contribution in [0.4, 0.5) is 10.5 Å². The number of nitrogens with one attached hydrogen (secondary N) is 1. The number of carbonyl (C=O) groups excluding carboxylic acids is 1. The summed E-state index contributed by atoms with van der Waals surface area (Å²) >= 11 is 0. The summed E-state index contributed by atoms with van der Waals surface area (Å²) in [7, 11) is 0. The first-order valence-electron chi connectivity index (χ1n) is 6.65. The van der Waals surface area contributed by atoms with Crippen molar-refractivity contribution in [3.05, 3.63) is 24.3 Å². The van der Waals surface area contributed by atoms with E-state index in [2.05, 4.69) is 5.32 Å². The number of rotatable bonds is 4. The molecule has 1 atom stereocenters. The van der Waals surface area contributed by atoms with Gasteiger partial charge in [0, 0.05) is 12.2 Å². The van der Waals surface area contributed by atoms with E-state index in [1.165, 1.54) is 4.90 Å². The predicted molar refractivity (Wildman–Crippen MR) is 74.0 cm³/mol. The van der Waals surface area contributed by atoms with Gasteiger partial charge in [-0.15, -0.1) is 0 Å². The highest BCUT2D eigenvalue weighted by molar-refractivity contribution is 5.92. The van der Waals surface area contributed by atoms with Gasteiger partial charge >= 0.3 is 12.0 Å². The third-order valence-electron chi connectivity index (χ3n) is 3.22. The summed E-state index contributed by atoms with van der Waals surface area (Å²) in [4.78, 5) is 24.5. The number of ether oxygens (including phenoxy) is 1. The molecule has 1 heterocycles. The third-order valence-corrected chi connectivity index (χ3v) is 3.22. The highest BCUT2D eigenvalue weighted by Gasteiger charge is 2.33. The Labute approximate surface area is 117 Å². The lowest BCUT2D eigenvalue weighted by Crippen LogP contribution is -2.42. The van der Waals surface area contributed by atoms with E-state index in [1.807, 2.05) is 6.92 Å². The molecule has 0 radical (unpaired) electrons. The third kappa shape index (κ3) is 3.20. The number of aliphatic carboxylic acids is 1. The smallest absolute Gasteiger partial charge is 0.326 e. The molecule has 0 bridgehead atoms. The summed E-state index contributed by atoms with van der Waals surface area (Å²) in [6, 6.07) is 5.88. The van der Waals surface area contributed by atoms with Crippen LogP contribution in [0.3, 0.4) is 0 Å². The second-order valence-corrected chi connectivity index (χ2v) is 4.58. The molecule has 0 unspecified atom stereocenters. The number of anilines is 1. The number of benzene rings is 1. The zero-order valence-corrected chi connectivity index (χ0v) is 11.3. The van der Waals surface area contributed by atoms with E-state index < -0.39 is 12.0 Å². The Bertz CT molecular complexity index is 486. The van der Waals surface area contributed by atoms with Crippen LogP contribution in [0, 0.1) is 0 Å². The molecule has 6 nitrogen and oxygen atoms in total. The van der Waals surface area contributed by atoms with Crippen LogP contribution < -0.4 is 10.1 Å². The van der Waals surface area contributed by atoms with Gasteiger partial charge in [-0.2, -0.15) is 0 Å². The molecule has 1 aromatic carbocycles. The lowest BCUT2D eigenvalue weighted by molar-refractivity contribution is -0.141. The minimum atomic E-state index is -0.954. The molecule has 0 aromatic heterocycles. The molecule has 1 saturated heterocycles. The van der Waals surface area contributed by atoms with Crippen LogP contribution >= 0.6 is 0 Å². The molecule has 0 saturated carbocycles. The van der Waals surface area contributed by atoms with Crippen molar-refractivity contribution in [2.24, 2.45) is 0 Å². The average molecular weight is 278 g/mol. The molecule has 1 aliphatic heterocycles. The topological polar surface area (TPSA) is 78.9 Å². The maximum absolute atomic E-state index is 12.1. The number of hydrogen-bond acceptors (Lipinski definition) is 3. The van der Waals surface area contributed by atoms with Gasteiger partial charge in [0.05, 0.1) is 6.61 Å². The summed E-state index contributed by atoms with van der Waals surface area (Å²) < 4.78 is 5.31. The Hall–Kier alpha value is -2.24. The number of nitrogens with zero attached hydrogens (tertiary/aromatic N) is 1. The highest BCUT2D eigenvalue weighted by atomic mass is 16.5. The lowest BCUT2D eigenvalue weighted by atomic mass is 10.2. The van der Waals surface area contributed by atoms with Crippen LogP contribution in [0.25, 0.3) is 0 Å². The maximum atomic E-state index is 12.1. The van der Waals surface area contributed by atoms with Gasteiger partial charge in [0.2, 0.25) is 0 Å². The Balaban J connectivity index is 1.98. The summed E-state index contributed by atoms with van der Waals surface area (Å²) in [6.45, 7) is 2.95. The molecule has 1 aromatic rings. The van der Waals surface area contributed by atoms with Crippen LogP contribution in [0.15, 0.2) is 24.3 Å². The van der Waals surface area contributed by atoms with Crippen molar-refractivity contribution in [3.63, 3.8) is 0 Å². The number of hydrogen-bond donors (Lipinski definition) is 2. The molecular weight excluding hydrogens is 260 g/mol. The number of amides is 2. The summed E-state index contributed by atoms with van der Waals surface area (Å²) in [6.07, 6.45) is 1.22. The van der Waals surface area contributed by atoms with Gasteiger partial charge in [0.15, 0.2) is 0 Å². The van der Waals surface area contributed by atoms with Crippen LogP contribution in [0.5, 0.6) is 5.75 Å². The molecule has 2 amide bonds. The molecule has 6 heteroatoms. The fourth-order valence-electron chi connectivity index (χ4n) is 2.26. The molecule has 1 fully saturated rings. The van der Waals surface area contributed by atoms with Gasteiger partial charge in [-0.05, 0) is 44.0 Å².